The maximum absolute atomic E-state index is 11.8. The Morgan fingerprint density at radius 3 is 3.00 bits per heavy atom. The van der Waals surface area contributed by atoms with Crippen molar-refractivity contribution in [3.8, 4) is 0 Å². The van der Waals surface area contributed by atoms with Crippen LogP contribution >= 0.6 is 34.7 Å². The van der Waals surface area contributed by atoms with E-state index >= 15 is 0 Å². The fourth-order valence-electron chi connectivity index (χ4n) is 1.71. The predicted molar refractivity (Wildman–Crippen MR) is 72.9 cm³/mol. The first-order chi connectivity index (χ1) is 8.61. The lowest BCUT2D eigenvalue weighted by molar-refractivity contribution is -0.141. The maximum atomic E-state index is 11.8. The number of hydrogen-bond acceptors (Lipinski definition) is 5. The lowest BCUT2D eigenvalue weighted by Crippen LogP contribution is -2.30. The number of carbonyl (C=O) groups is 2. The van der Waals surface area contributed by atoms with Crippen LogP contribution in [0.4, 0.5) is 0 Å². The number of hydrogen-bond donors (Lipinski definition) is 0. The van der Waals surface area contributed by atoms with Crippen LogP contribution in [0.15, 0.2) is 12.1 Å². The number of rotatable bonds is 4. The van der Waals surface area contributed by atoms with Crippen molar-refractivity contribution in [1.82, 2.24) is 4.90 Å². The van der Waals surface area contributed by atoms with Crippen LogP contribution in [0.1, 0.15) is 16.7 Å². The molecule has 1 fully saturated rings. The van der Waals surface area contributed by atoms with Gasteiger partial charge >= 0.3 is 5.97 Å². The van der Waals surface area contributed by atoms with Crippen LogP contribution in [0.3, 0.4) is 0 Å². The number of thioether (sulfide) groups is 1. The smallest absolute Gasteiger partial charge is 0.307 e. The molecule has 1 unspecified atom stereocenters. The summed E-state index contributed by atoms with van der Waals surface area (Å²) in [4.78, 5) is 25.7. The van der Waals surface area contributed by atoms with Crippen LogP contribution in [-0.2, 0) is 14.3 Å². The highest BCUT2D eigenvalue weighted by Gasteiger charge is 2.33. The number of esters is 1. The summed E-state index contributed by atoms with van der Waals surface area (Å²) in [5.74, 6) is 0.197. The van der Waals surface area contributed by atoms with Gasteiger partial charge in [0.15, 0.2) is 0 Å². The normalized spacial score (nSPS) is 19.3. The SMILES string of the molecule is COC(=O)CCN1C(=O)CSC1c1ccc(Cl)s1. The summed E-state index contributed by atoms with van der Waals surface area (Å²) in [7, 11) is 1.35. The van der Waals surface area contributed by atoms with Crippen molar-refractivity contribution >= 4 is 46.6 Å². The molecule has 2 heterocycles. The number of carbonyl (C=O) groups excluding carboxylic acids is 2. The van der Waals surface area contributed by atoms with E-state index in [0.29, 0.717) is 16.6 Å². The Balaban J connectivity index is 2.05. The minimum Gasteiger partial charge on any atom is -0.469 e. The van der Waals surface area contributed by atoms with Gasteiger partial charge in [-0.2, -0.15) is 0 Å². The summed E-state index contributed by atoms with van der Waals surface area (Å²) in [6, 6.07) is 3.75. The highest BCUT2D eigenvalue weighted by Crippen LogP contribution is 2.42. The van der Waals surface area contributed by atoms with Crippen molar-refractivity contribution in [2.24, 2.45) is 0 Å². The van der Waals surface area contributed by atoms with Gasteiger partial charge in [0.05, 0.1) is 23.6 Å². The number of amides is 1. The molecule has 1 aliphatic rings. The number of nitrogens with zero attached hydrogens (tertiary/aromatic N) is 1. The van der Waals surface area contributed by atoms with Crippen molar-refractivity contribution in [2.75, 3.05) is 19.4 Å². The van der Waals surface area contributed by atoms with E-state index in [1.54, 1.807) is 16.7 Å². The molecule has 0 aromatic carbocycles. The lowest BCUT2D eigenvalue weighted by Gasteiger charge is -2.22. The van der Waals surface area contributed by atoms with Crippen molar-refractivity contribution in [3.63, 3.8) is 0 Å². The van der Waals surface area contributed by atoms with Gasteiger partial charge in [-0.3, -0.25) is 9.59 Å². The van der Waals surface area contributed by atoms with E-state index in [0.717, 1.165) is 4.88 Å². The molecular formula is C11H12ClNO3S2. The second-order valence-electron chi connectivity index (χ2n) is 3.72. The van der Waals surface area contributed by atoms with Crippen molar-refractivity contribution < 1.29 is 14.3 Å². The zero-order valence-electron chi connectivity index (χ0n) is 9.72. The number of thiophene rings is 1. The third-order valence-corrected chi connectivity index (χ3v) is 5.26. The van der Waals surface area contributed by atoms with E-state index in [1.807, 2.05) is 12.1 Å². The Morgan fingerprint density at radius 2 is 2.39 bits per heavy atom. The van der Waals surface area contributed by atoms with E-state index in [9.17, 15) is 9.59 Å². The Morgan fingerprint density at radius 1 is 1.61 bits per heavy atom. The molecule has 4 nitrogen and oxygen atoms in total. The zero-order chi connectivity index (χ0) is 13.1. The van der Waals surface area contributed by atoms with E-state index in [-0.39, 0.29) is 23.7 Å². The van der Waals surface area contributed by atoms with Gasteiger partial charge in [-0.1, -0.05) is 11.6 Å². The van der Waals surface area contributed by atoms with E-state index < -0.39 is 0 Å². The summed E-state index contributed by atoms with van der Waals surface area (Å²) in [5, 5.41) is -0.0281. The summed E-state index contributed by atoms with van der Waals surface area (Å²) >= 11 is 8.93. The average Bonchev–Trinajstić information content (AvgIpc) is 2.92. The first kappa shape index (κ1) is 13.7. The molecule has 0 radical (unpaired) electrons. The first-order valence-electron chi connectivity index (χ1n) is 5.35. The molecule has 1 aromatic heterocycles. The summed E-state index contributed by atoms with van der Waals surface area (Å²) < 4.78 is 5.29. The summed E-state index contributed by atoms with van der Waals surface area (Å²) in [5.41, 5.74) is 0. The molecule has 1 aliphatic heterocycles. The number of halogens is 1. The second-order valence-corrected chi connectivity index (χ2v) is 6.53. The highest BCUT2D eigenvalue weighted by molar-refractivity contribution is 8.00. The van der Waals surface area contributed by atoms with E-state index in [4.69, 9.17) is 11.6 Å². The third-order valence-electron chi connectivity index (χ3n) is 2.59. The van der Waals surface area contributed by atoms with Gasteiger partial charge in [0.1, 0.15) is 5.37 Å². The minimum absolute atomic E-state index is 0.0281. The molecule has 0 bridgehead atoms. The Labute approximate surface area is 118 Å². The van der Waals surface area contributed by atoms with Gasteiger partial charge < -0.3 is 9.64 Å². The van der Waals surface area contributed by atoms with Crippen LogP contribution in [0.25, 0.3) is 0 Å². The zero-order valence-corrected chi connectivity index (χ0v) is 12.1. The molecule has 1 amide bonds. The van der Waals surface area contributed by atoms with Crippen molar-refractivity contribution in [1.29, 1.82) is 0 Å². The average molecular weight is 306 g/mol. The van der Waals surface area contributed by atoms with Crippen LogP contribution < -0.4 is 0 Å². The maximum Gasteiger partial charge on any atom is 0.307 e. The molecule has 1 atom stereocenters. The molecule has 18 heavy (non-hydrogen) atoms. The first-order valence-corrected chi connectivity index (χ1v) is 7.59. The van der Waals surface area contributed by atoms with Gasteiger partial charge in [0, 0.05) is 11.4 Å². The monoisotopic (exact) mass is 305 g/mol. The molecule has 2 rings (SSSR count). The molecule has 0 spiro atoms. The van der Waals surface area contributed by atoms with Crippen LogP contribution in [0.2, 0.25) is 4.34 Å². The van der Waals surface area contributed by atoms with Crippen LogP contribution in [-0.4, -0.2) is 36.2 Å². The summed E-state index contributed by atoms with van der Waals surface area (Å²) in [6.07, 6.45) is 0.221. The van der Waals surface area contributed by atoms with E-state index in [2.05, 4.69) is 4.74 Å². The minimum atomic E-state index is -0.303. The second kappa shape index (κ2) is 5.95. The van der Waals surface area contributed by atoms with Gasteiger partial charge in [-0.15, -0.1) is 23.1 Å². The van der Waals surface area contributed by atoms with E-state index in [1.165, 1.54) is 18.4 Å². The van der Waals surface area contributed by atoms with Crippen LogP contribution in [0, 0.1) is 0 Å². The molecule has 0 aliphatic carbocycles. The Kier molecular flexibility index (Phi) is 4.53. The number of ether oxygens (including phenoxy) is 1. The Hall–Kier alpha value is -0.720. The fraction of sp³-hybridized carbons (Fsp3) is 0.455. The molecule has 0 N–H and O–H groups in total. The lowest BCUT2D eigenvalue weighted by atomic mass is 10.3. The van der Waals surface area contributed by atoms with Crippen molar-refractivity contribution in [3.05, 3.63) is 21.3 Å². The molecule has 0 saturated carbocycles. The largest absolute Gasteiger partial charge is 0.469 e. The predicted octanol–water partition coefficient (Wildman–Crippen LogP) is 2.54. The quantitative estimate of drug-likeness (QED) is 0.802. The number of methoxy groups -OCH3 is 1. The van der Waals surface area contributed by atoms with Crippen LogP contribution in [0.5, 0.6) is 0 Å². The Bertz CT molecular complexity index is 463. The molecular weight excluding hydrogens is 294 g/mol. The van der Waals surface area contributed by atoms with Gasteiger partial charge in [-0.05, 0) is 12.1 Å². The third kappa shape index (κ3) is 2.99. The fourth-order valence-corrected chi connectivity index (χ4v) is 4.22. The molecule has 1 saturated heterocycles. The molecule has 7 heteroatoms. The molecule has 98 valence electrons. The topological polar surface area (TPSA) is 46.6 Å². The highest BCUT2D eigenvalue weighted by atomic mass is 35.5. The standard InChI is InChI=1S/C11H12ClNO3S2/c1-16-10(15)4-5-13-9(14)6-17-11(13)7-2-3-8(12)18-7/h2-3,11H,4-6H2,1H3. The van der Waals surface area contributed by atoms with Gasteiger partial charge in [0.25, 0.3) is 0 Å². The summed E-state index contributed by atoms with van der Waals surface area (Å²) in [6.45, 7) is 0.388. The van der Waals surface area contributed by atoms with Gasteiger partial charge in [-0.25, -0.2) is 0 Å². The van der Waals surface area contributed by atoms with Gasteiger partial charge in [0.2, 0.25) is 5.91 Å². The molecule has 1 aromatic rings. The van der Waals surface area contributed by atoms with Crippen molar-refractivity contribution in [2.45, 2.75) is 11.8 Å².